The molecule has 0 unspecified atom stereocenters. The van der Waals surface area contributed by atoms with Crippen LogP contribution in [0.15, 0.2) is 54.6 Å². The Labute approximate surface area is 160 Å². The number of aryl methyl sites for hydroxylation is 1. The van der Waals surface area contributed by atoms with E-state index >= 15 is 4.39 Å². The molecule has 0 spiro atoms. The maximum absolute atomic E-state index is 15.2. The summed E-state index contributed by atoms with van der Waals surface area (Å²) in [7, 11) is 0. The number of rotatable bonds is 3. The molecule has 4 heteroatoms. The van der Waals surface area contributed by atoms with Crippen molar-refractivity contribution in [2.75, 3.05) is 0 Å². The Morgan fingerprint density at radius 3 is 2.15 bits per heavy atom. The summed E-state index contributed by atoms with van der Waals surface area (Å²) in [4.78, 5) is 0. The van der Waals surface area contributed by atoms with E-state index in [9.17, 15) is 8.78 Å². The fraction of sp³-hybridized carbons (Fsp3) is 0.130. The standard InChI is InChI=1S/C23H16ClF3/c1-2-3-13-4-6-16-14(10-13)5-7-19-18(16)9-8-17(23(19)27)15-11-20(25)22(24)21(26)12-15/h4-12H,2-3H2,1H3. The highest BCUT2D eigenvalue weighted by Gasteiger charge is 2.15. The molecule has 0 heterocycles. The molecular formula is C23H16ClF3. The molecule has 0 saturated carbocycles. The molecule has 4 aromatic carbocycles. The van der Waals surface area contributed by atoms with Gasteiger partial charge in [-0.05, 0) is 45.8 Å². The predicted molar refractivity (Wildman–Crippen MR) is 106 cm³/mol. The quantitative estimate of drug-likeness (QED) is 0.251. The molecule has 0 aliphatic carbocycles. The monoisotopic (exact) mass is 384 g/mol. The van der Waals surface area contributed by atoms with Crippen molar-refractivity contribution in [3.63, 3.8) is 0 Å². The Bertz CT molecular complexity index is 1160. The second-order valence-electron chi connectivity index (χ2n) is 6.65. The third-order valence-electron chi connectivity index (χ3n) is 4.85. The van der Waals surface area contributed by atoms with Gasteiger partial charge in [0.2, 0.25) is 0 Å². The summed E-state index contributed by atoms with van der Waals surface area (Å²) in [5, 5.41) is 2.59. The Balaban J connectivity index is 1.92. The maximum Gasteiger partial charge on any atom is 0.145 e. The van der Waals surface area contributed by atoms with E-state index in [-0.39, 0.29) is 11.1 Å². The minimum atomic E-state index is -0.909. The van der Waals surface area contributed by atoms with Crippen molar-refractivity contribution < 1.29 is 13.2 Å². The Hall–Kier alpha value is -2.52. The fourth-order valence-corrected chi connectivity index (χ4v) is 3.65. The molecule has 136 valence electrons. The Morgan fingerprint density at radius 2 is 1.44 bits per heavy atom. The van der Waals surface area contributed by atoms with Gasteiger partial charge in [0.15, 0.2) is 0 Å². The summed E-state index contributed by atoms with van der Waals surface area (Å²) in [5.74, 6) is -2.32. The smallest absolute Gasteiger partial charge is 0.145 e. The first kappa shape index (κ1) is 17.9. The molecule has 4 aromatic rings. The highest BCUT2D eigenvalue weighted by molar-refractivity contribution is 6.31. The lowest BCUT2D eigenvalue weighted by atomic mass is 9.95. The summed E-state index contributed by atoms with van der Waals surface area (Å²) >= 11 is 5.53. The molecule has 0 bridgehead atoms. The van der Waals surface area contributed by atoms with Gasteiger partial charge in [0, 0.05) is 10.9 Å². The molecule has 0 aliphatic heterocycles. The molecule has 0 atom stereocenters. The van der Waals surface area contributed by atoms with Crippen molar-refractivity contribution in [3.8, 4) is 11.1 Å². The molecule has 27 heavy (non-hydrogen) atoms. The van der Waals surface area contributed by atoms with Gasteiger partial charge in [-0.3, -0.25) is 0 Å². The molecule has 4 rings (SSSR count). The number of hydrogen-bond donors (Lipinski definition) is 0. The summed E-state index contributed by atoms with van der Waals surface area (Å²) in [5.41, 5.74) is 1.50. The van der Waals surface area contributed by atoms with Gasteiger partial charge in [-0.1, -0.05) is 67.4 Å². The fourth-order valence-electron chi connectivity index (χ4n) is 3.54. The van der Waals surface area contributed by atoms with Gasteiger partial charge >= 0.3 is 0 Å². The van der Waals surface area contributed by atoms with E-state index in [1.165, 1.54) is 5.56 Å². The minimum Gasteiger partial charge on any atom is -0.206 e. The lowest BCUT2D eigenvalue weighted by Gasteiger charge is -2.11. The van der Waals surface area contributed by atoms with Gasteiger partial charge in [-0.15, -0.1) is 0 Å². The number of fused-ring (bicyclic) bond motifs is 3. The average Bonchev–Trinajstić information content (AvgIpc) is 2.66. The molecule has 0 N–H and O–H groups in total. The third-order valence-corrected chi connectivity index (χ3v) is 5.21. The van der Waals surface area contributed by atoms with Crippen LogP contribution in [0.3, 0.4) is 0 Å². The van der Waals surface area contributed by atoms with Crippen LogP contribution in [0.4, 0.5) is 13.2 Å². The molecule has 0 amide bonds. The van der Waals surface area contributed by atoms with E-state index in [1.807, 2.05) is 12.1 Å². The zero-order valence-electron chi connectivity index (χ0n) is 14.6. The molecule has 0 nitrogen and oxygen atoms in total. The van der Waals surface area contributed by atoms with Crippen molar-refractivity contribution in [2.45, 2.75) is 19.8 Å². The largest absolute Gasteiger partial charge is 0.206 e. The summed E-state index contributed by atoms with van der Waals surface area (Å²) in [6.45, 7) is 2.13. The maximum atomic E-state index is 15.2. The van der Waals surface area contributed by atoms with Crippen LogP contribution >= 0.6 is 11.6 Å². The molecule has 0 aliphatic rings. The lowest BCUT2D eigenvalue weighted by molar-refractivity contribution is 0.584. The summed E-state index contributed by atoms with van der Waals surface area (Å²) in [6, 6.07) is 15.2. The topological polar surface area (TPSA) is 0 Å². The summed E-state index contributed by atoms with van der Waals surface area (Å²) < 4.78 is 42.7. The van der Waals surface area contributed by atoms with E-state index in [0.717, 1.165) is 41.1 Å². The predicted octanol–water partition coefficient (Wildman–Crippen LogP) is 7.68. The van der Waals surface area contributed by atoms with Gasteiger partial charge in [0.1, 0.15) is 22.5 Å². The van der Waals surface area contributed by atoms with Crippen LogP contribution in [-0.4, -0.2) is 0 Å². The van der Waals surface area contributed by atoms with Crippen LogP contribution in [0.25, 0.3) is 32.7 Å². The molecule has 0 aromatic heterocycles. The Kier molecular flexibility index (Phi) is 4.56. The van der Waals surface area contributed by atoms with Crippen LogP contribution < -0.4 is 0 Å². The first-order valence-corrected chi connectivity index (χ1v) is 9.16. The zero-order chi connectivity index (χ0) is 19.1. The number of hydrogen-bond acceptors (Lipinski definition) is 0. The highest BCUT2D eigenvalue weighted by atomic mass is 35.5. The van der Waals surface area contributed by atoms with Crippen LogP contribution in [-0.2, 0) is 6.42 Å². The van der Waals surface area contributed by atoms with E-state index < -0.39 is 22.5 Å². The zero-order valence-corrected chi connectivity index (χ0v) is 15.4. The molecule has 0 radical (unpaired) electrons. The SMILES string of the molecule is CCCc1ccc2c(ccc3c(F)c(-c4cc(F)c(Cl)c(F)c4)ccc32)c1. The van der Waals surface area contributed by atoms with Gasteiger partial charge in [-0.25, -0.2) is 13.2 Å². The van der Waals surface area contributed by atoms with E-state index in [0.29, 0.717) is 5.39 Å². The highest BCUT2D eigenvalue weighted by Crippen LogP contribution is 2.35. The second kappa shape index (κ2) is 6.90. The van der Waals surface area contributed by atoms with Crippen molar-refractivity contribution in [1.29, 1.82) is 0 Å². The molecular weight excluding hydrogens is 369 g/mol. The second-order valence-corrected chi connectivity index (χ2v) is 7.03. The Morgan fingerprint density at radius 1 is 0.778 bits per heavy atom. The van der Waals surface area contributed by atoms with E-state index in [4.69, 9.17) is 11.6 Å². The molecule has 0 fully saturated rings. The van der Waals surface area contributed by atoms with Crippen molar-refractivity contribution in [3.05, 3.63) is 82.6 Å². The lowest BCUT2D eigenvalue weighted by Crippen LogP contribution is -1.92. The average molecular weight is 385 g/mol. The summed E-state index contributed by atoms with van der Waals surface area (Å²) in [6.07, 6.45) is 2.06. The van der Waals surface area contributed by atoms with Gasteiger partial charge < -0.3 is 0 Å². The van der Waals surface area contributed by atoms with Crippen LogP contribution in [0.2, 0.25) is 5.02 Å². The van der Waals surface area contributed by atoms with Gasteiger partial charge in [-0.2, -0.15) is 0 Å². The van der Waals surface area contributed by atoms with Gasteiger partial charge in [0.25, 0.3) is 0 Å². The third kappa shape index (κ3) is 3.06. The first-order valence-electron chi connectivity index (χ1n) is 8.78. The van der Waals surface area contributed by atoms with E-state index in [1.54, 1.807) is 18.2 Å². The molecule has 0 saturated heterocycles. The van der Waals surface area contributed by atoms with Gasteiger partial charge in [0.05, 0.1) is 0 Å². The van der Waals surface area contributed by atoms with Crippen LogP contribution in [0.1, 0.15) is 18.9 Å². The van der Waals surface area contributed by atoms with Crippen molar-refractivity contribution >= 4 is 33.1 Å². The van der Waals surface area contributed by atoms with Crippen molar-refractivity contribution in [1.82, 2.24) is 0 Å². The van der Waals surface area contributed by atoms with Crippen LogP contribution in [0, 0.1) is 17.5 Å². The normalized spacial score (nSPS) is 11.4. The van der Waals surface area contributed by atoms with Crippen molar-refractivity contribution in [2.24, 2.45) is 0 Å². The van der Waals surface area contributed by atoms with Crippen LogP contribution in [0.5, 0.6) is 0 Å². The van der Waals surface area contributed by atoms with E-state index in [2.05, 4.69) is 19.1 Å². The first-order chi connectivity index (χ1) is 13.0. The number of benzene rings is 4. The number of halogens is 4. The minimum absolute atomic E-state index is 0.118.